The van der Waals surface area contributed by atoms with Gasteiger partial charge in [-0.2, -0.15) is 0 Å². The second-order valence-corrected chi connectivity index (χ2v) is 7.93. The molecule has 3 aromatic rings. The second kappa shape index (κ2) is 7.45. The predicted molar refractivity (Wildman–Crippen MR) is 110 cm³/mol. The van der Waals surface area contributed by atoms with Crippen molar-refractivity contribution < 1.29 is 9.21 Å². The third kappa shape index (κ3) is 3.84. The number of nitrogens with zero attached hydrogens (tertiary/aromatic N) is 2. The molecular formula is C21H22ClN3O3. The van der Waals surface area contributed by atoms with E-state index < -0.39 is 0 Å². The molecule has 0 aliphatic heterocycles. The van der Waals surface area contributed by atoms with Crippen LogP contribution in [-0.2, 0) is 11.3 Å². The molecule has 146 valence electrons. The van der Waals surface area contributed by atoms with Gasteiger partial charge in [-0.05, 0) is 62.3 Å². The van der Waals surface area contributed by atoms with Crippen LogP contribution in [0.5, 0.6) is 0 Å². The molecular weight excluding hydrogens is 378 g/mol. The number of benzene rings is 2. The van der Waals surface area contributed by atoms with Gasteiger partial charge in [0.25, 0.3) is 0 Å². The maximum absolute atomic E-state index is 12.6. The maximum Gasteiger partial charge on any atom is 0.419 e. The summed E-state index contributed by atoms with van der Waals surface area (Å²) in [5.74, 6) is -0.208. The number of anilines is 1. The zero-order valence-corrected chi connectivity index (χ0v) is 16.6. The minimum Gasteiger partial charge on any atom is -0.408 e. The number of amides is 1. The highest BCUT2D eigenvalue weighted by Gasteiger charge is 2.43. The van der Waals surface area contributed by atoms with Gasteiger partial charge in [0.2, 0.25) is 5.91 Å². The number of halogens is 1. The lowest BCUT2D eigenvalue weighted by atomic mass is 10.1. The van der Waals surface area contributed by atoms with Crippen LogP contribution in [-0.4, -0.2) is 36.0 Å². The summed E-state index contributed by atoms with van der Waals surface area (Å²) >= 11 is 5.93. The molecule has 2 atom stereocenters. The Labute approximate surface area is 167 Å². The Bertz CT molecular complexity index is 1070. The third-order valence-corrected chi connectivity index (χ3v) is 5.38. The van der Waals surface area contributed by atoms with Crippen LogP contribution < -0.4 is 11.1 Å². The number of fused-ring (bicyclic) bond motifs is 1. The fraction of sp³-hybridized carbons (Fsp3) is 0.333. The van der Waals surface area contributed by atoms with Crippen LogP contribution in [0, 0.1) is 5.92 Å². The number of aromatic nitrogens is 1. The lowest BCUT2D eigenvalue weighted by Crippen LogP contribution is -2.23. The number of carbonyl (C=O) groups excluding carboxylic acids is 1. The summed E-state index contributed by atoms with van der Waals surface area (Å²) in [5, 5.41) is 3.67. The Morgan fingerprint density at radius 1 is 1.25 bits per heavy atom. The molecule has 1 heterocycles. The SMILES string of the molecule is CN(C)CCn1c(=O)oc2ccc(NC(=O)C3CC3c3ccc(Cl)cc3)cc21. The summed E-state index contributed by atoms with van der Waals surface area (Å²) in [5.41, 5.74) is 3.01. The van der Waals surface area contributed by atoms with Gasteiger partial charge < -0.3 is 14.6 Å². The summed E-state index contributed by atoms with van der Waals surface area (Å²) in [7, 11) is 3.90. The number of oxazole rings is 1. The Hall–Kier alpha value is -2.57. The van der Waals surface area contributed by atoms with Crippen LogP contribution in [0.15, 0.2) is 51.7 Å². The zero-order chi connectivity index (χ0) is 19.8. The van der Waals surface area contributed by atoms with Gasteiger partial charge in [-0.1, -0.05) is 23.7 Å². The molecule has 0 radical (unpaired) electrons. The predicted octanol–water partition coefficient (Wildman–Crippen LogP) is 3.55. The van der Waals surface area contributed by atoms with E-state index in [9.17, 15) is 9.59 Å². The minimum absolute atomic E-state index is 0.00927. The molecule has 1 saturated carbocycles. The quantitative estimate of drug-likeness (QED) is 0.688. The first-order valence-electron chi connectivity index (χ1n) is 9.27. The largest absolute Gasteiger partial charge is 0.419 e. The van der Waals surface area contributed by atoms with Gasteiger partial charge in [0, 0.05) is 29.7 Å². The monoisotopic (exact) mass is 399 g/mol. The van der Waals surface area contributed by atoms with Crippen LogP contribution in [0.2, 0.25) is 5.02 Å². The molecule has 6 nitrogen and oxygen atoms in total. The number of likely N-dealkylation sites (N-methyl/N-ethyl adjacent to an activating group) is 1. The van der Waals surface area contributed by atoms with Crippen LogP contribution in [0.4, 0.5) is 5.69 Å². The van der Waals surface area contributed by atoms with Gasteiger partial charge in [0.15, 0.2) is 5.58 Å². The van der Waals surface area contributed by atoms with Crippen LogP contribution >= 0.6 is 11.6 Å². The highest BCUT2D eigenvalue weighted by Crippen LogP contribution is 2.48. The van der Waals surface area contributed by atoms with Gasteiger partial charge in [-0.3, -0.25) is 9.36 Å². The van der Waals surface area contributed by atoms with E-state index in [1.54, 1.807) is 22.8 Å². The molecule has 1 fully saturated rings. The molecule has 2 unspecified atom stereocenters. The minimum atomic E-state index is -0.384. The fourth-order valence-corrected chi connectivity index (χ4v) is 3.58. The number of hydrogen-bond donors (Lipinski definition) is 1. The van der Waals surface area contributed by atoms with Crippen molar-refractivity contribution in [1.29, 1.82) is 0 Å². The zero-order valence-electron chi connectivity index (χ0n) is 15.8. The van der Waals surface area contributed by atoms with Crippen molar-refractivity contribution in [2.45, 2.75) is 18.9 Å². The molecule has 0 bridgehead atoms. The van der Waals surface area contributed by atoms with E-state index in [1.165, 1.54) is 0 Å². The van der Waals surface area contributed by atoms with Crippen molar-refractivity contribution in [3.05, 3.63) is 63.6 Å². The van der Waals surface area contributed by atoms with E-state index in [2.05, 4.69) is 5.32 Å². The molecule has 28 heavy (non-hydrogen) atoms. The number of carbonyl (C=O) groups is 1. The summed E-state index contributed by atoms with van der Waals surface area (Å²) in [6.07, 6.45) is 0.828. The first kappa shape index (κ1) is 18.8. The van der Waals surface area contributed by atoms with E-state index in [-0.39, 0.29) is 23.5 Å². The normalized spacial score (nSPS) is 18.6. The molecule has 0 saturated heterocycles. The van der Waals surface area contributed by atoms with Crippen molar-refractivity contribution in [1.82, 2.24) is 9.47 Å². The Kier molecular flexibility index (Phi) is 5.00. The van der Waals surface area contributed by atoms with E-state index in [1.807, 2.05) is 43.3 Å². The molecule has 7 heteroatoms. The Balaban J connectivity index is 1.49. The first-order valence-corrected chi connectivity index (χ1v) is 9.64. The van der Waals surface area contributed by atoms with Crippen LogP contribution in [0.25, 0.3) is 11.1 Å². The summed E-state index contributed by atoms with van der Waals surface area (Å²) in [6, 6.07) is 12.9. The van der Waals surface area contributed by atoms with Crippen molar-refractivity contribution >= 4 is 34.3 Å². The van der Waals surface area contributed by atoms with Gasteiger partial charge in [-0.25, -0.2) is 4.79 Å². The second-order valence-electron chi connectivity index (χ2n) is 7.49. The third-order valence-electron chi connectivity index (χ3n) is 5.13. The topological polar surface area (TPSA) is 67.5 Å². The molecule has 1 aliphatic carbocycles. The Morgan fingerprint density at radius 3 is 2.71 bits per heavy atom. The molecule has 1 amide bonds. The van der Waals surface area contributed by atoms with Crippen molar-refractivity contribution in [2.75, 3.05) is 26.0 Å². The average Bonchev–Trinajstić information content (AvgIpc) is 3.39. The van der Waals surface area contributed by atoms with Crippen molar-refractivity contribution in [2.24, 2.45) is 5.92 Å². The van der Waals surface area contributed by atoms with Crippen molar-refractivity contribution in [3.8, 4) is 0 Å². The first-order chi connectivity index (χ1) is 13.4. The average molecular weight is 400 g/mol. The summed E-state index contributed by atoms with van der Waals surface area (Å²) in [4.78, 5) is 26.7. The molecule has 0 spiro atoms. The van der Waals surface area contributed by atoms with E-state index in [0.717, 1.165) is 18.5 Å². The van der Waals surface area contributed by atoms with Gasteiger partial charge in [-0.15, -0.1) is 0 Å². The number of nitrogens with one attached hydrogen (secondary N) is 1. The molecule has 1 aliphatic rings. The highest BCUT2D eigenvalue weighted by atomic mass is 35.5. The summed E-state index contributed by atoms with van der Waals surface area (Å²) < 4.78 is 6.90. The molecule has 1 N–H and O–H groups in total. The van der Waals surface area contributed by atoms with Crippen LogP contribution in [0.1, 0.15) is 17.9 Å². The highest BCUT2D eigenvalue weighted by molar-refractivity contribution is 6.30. The fourth-order valence-electron chi connectivity index (χ4n) is 3.45. The molecule has 1 aromatic heterocycles. The number of rotatable bonds is 6. The van der Waals surface area contributed by atoms with Crippen LogP contribution in [0.3, 0.4) is 0 Å². The van der Waals surface area contributed by atoms with Gasteiger partial charge in [0.05, 0.1) is 5.52 Å². The maximum atomic E-state index is 12.6. The molecule has 4 rings (SSSR count). The summed E-state index contributed by atoms with van der Waals surface area (Å²) in [6.45, 7) is 1.24. The van der Waals surface area contributed by atoms with Gasteiger partial charge >= 0.3 is 5.76 Å². The molecule has 2 aromatic carbocycles. The lowest BCUT2D eigenvalue weighted by molar-refractivity contribution is -0.117. The number of hydrogen-bond acceptors (Lipinski definition) is 4. The smallest absolute Gasteiger partial charge is 0.408 e. The van der Waals surface area contributed by atoms with Crippen molar-refractivity contribution in [3.63, 3.8) is 0 Å². The van der Waals surface area contributed by atoms with E-state index in [4.69, 9.17) is 16.0 Å². The van der Waals surface area contributed by atoms with E-state index >= 15 is 0 Å². The van der Waals surface area contributed by atoms with E-state index in [0.29, 0.717) is 28.4 Å². The lowest BCUT2D eigenvalue weighted by Gasteiger charge is -2.10. The Morgan fingerprint density at radius 2 is 2.00 bits per heavy atom. The van der Waals surface area contributed by atoms with Gasteiger partial charge in [0.1, 0.15) is 0 Å². The standard InChI is InChI=1S/C21H22ClN3O3/c1-24(2)9-10-25-18-11-15(7-8-19(18)28-21(25)27)23-20(26)17-12-16(17)13-3-5-14(22)6-4-13/h3-8,11,16-17H,9-10,12H2,1-2H3,(H,23,26).